The second-order valence-electron chi connectivity index (χ2n) is 13.6. The zero-order chi connectivity index (χ0) is 33.3. The molecule has 43 heavy (non-hydrogen) atoms. The highest BCUT2D eigenvalue weighted by Crippen LogP contribution is 2.31. The molecule has 0 atom stereocenters. The number of benzene rings is 2. The average Bonchev–Trinajstić information content (AvgIpc) is 2.83. The van der Waals surface area contributed by atoms with Gasteiger partial charge in [0.15, 0.2) is 0 Å². The molecule has 0 radical (unpaired) electrons. The van der Waals surface area contributed by atoms with Gasteiger partial charge in [-0.1, -0.05) is 76.8 Å². The highest BCUT2D eigenvalue weighted by Gasteiger charge is 2.15. The Balaban J connectivity index is 0.00000152. The Morgan fingerprint density at radius 1 is 0.605 bits per heavy atom. The van der Waals surface area contributed by atoms with Crippen molar-refractivity contribution in [2.75, 3.05) is 56.4 Å². The van der Waals surface area contributed by atoms with Crippen LogP contribution < -0.4 is 4.74 Å². The van der Waals surface area contributed by atoms with Gasteiger partial charge in [-0.05, 0) is 48.7 Å². The molecule has 0 N–H and O–H groups in total. The van der Waals surface area contributed by atoms with E-state index in [4.69, 9.17) is 4.74 Å². The molecule has 9 nitrogen and oxygen atoms in total. The monoisotopic (exact) mass is 644 g/mol. The van der Waals surface area contributed by atoms with Crippen LogP contribution in [0.4, 0.5) is 0 Å². The van der Waals surface area contributed by atoms with Gasteiger partial charge in [0.2, 0.25) is 0 Å². The van der Waals surface area contributed by atoms with Gasteiger partial charge < -0.3 is 22.8 Å². The van der Waals surface area contributed by atoms with Crippen LogP contribution >= 0.6 is 0 Å². The van der Waals surface area contributed by atoms with Crippen LogP contribution in [0.5, 0.6) is 11.5 Å². The van der Waals surface area contributed by atoms with Crippen molar-refractivity contribution >= 4 is 20.2 Å². The highest BCUT2D eigenvalue weighted by molar-refractivity contribution is 7.86. The summed E-state index contributed by atoms with van der Waals surface area (Å²) >= 11 is 0. The third kappa shape index (κ3) is 24.0. The molecule has 0 aliphatic carbocycles. The molecular weight excluding hydrogens is 588 g/mol. The summed E-state index contributed by atoms with van der Waals surface area (Å²) in [7, 11) is 7.04. The number of hydrogen-bond acceptors (Lipinski definition) is 7. The van der Waals surface area contributed by atoms with Gasteiger partial charge in [0, 0.05) is 0 Å². The fraction of sp³-hybridized carbons (Fsp3) is 0.625. The maximum absolute atomic E-state index is 11.5. The number of aryl methyl sites for hydroxylation is 1. The zero-order valence-electron chi connectivity index (χ0n) is 27.9. The molecule has 11 heteroatoms. The minimum absolute atomic E-state index is 0.296. The number of unbranched alkanes of at least 4 members (excludes halogenated alkanes) is 9. The molecule has 0 aromatic heterocycles. The Hall–Kier alpha value is -2.02. The van der Waals surface area contributed by atoms with E-state index in [0.29, 0.717) is 11.8 Å². The summed E-state index contributed by atoms with van der Waals surface area (Å²) in [5.41, 5.74) is 1.12. The summed E-state index contributed by atoms with van der Waals surface area (Å²) in [6.45, 7) is 2.23. The van der Waals surface area contributed by atoms with E-state index in [2.05, 4.69) is 63.3 Å². The van der Waals surface area contributed by atoms with Gasteiger partial charge >= 0.3 is 0 Å². The van der Waals surface area contributed by atoms with Crippen LogP contribution in [0.1, 0.15) is 76.7 Å². The number of rotatable bonds is 15. The van der Waals surface area contributed by atoms with Crippen LogP contribution in [0.3, 0.4) is 0 Å². The summed E-state index contributed by atoms with van der Waals surface area (Å²) in [6.07, 6.45) is 13.6. The lowest BCUT2D eigenvalue weighted by Gasteiger charge is -2.16. The van der Waals surface area contributed by atoms with Gasteiger partial charge in [-0.25, -0.2) is 16.8 Å². The van der Waals surface area contributed by atoms with E-state index >= 15 is 0 Å². The second kappa shape index (κ2) is 19.4. The van der Waals surface area contributed by atoms with E-state index in [-0.39, 0.29) is 5.75 Å². The van der Waals surface area contributed by atoms with Crippen molar-refractivity contribution in [2.45, 2.75) is 87.3 Å². The van der Waals surface area contributed by atoms with Crippen LogP contribution in [-0.2, 0) is 26.7 Å². The average molecular weight is 645 g/mol. The van der Waals surface area contributed by atoms with Gasteiger partial charge in [-0.3, -0.25) is 0 Å². The van der Waals surface area contributed by atoms with E-state index in [9.17, 15) is 25.9 Å². The Kier molecular flexibility index (Phi) is 18.5. The van der Waals surface area contributed by atoms with Crippen molar-refractivity contribution in [2.24, 2.45) is 0 Å². The predicted molar refractivity (Wildman–Crippen MR) is 172 cm³/mol. The maximum Gasteiger partial charge on any atom is 0.145 e. The Labute approximate surface area is 262 Å². The summed E-state index contributed by atoms with van der Waals surface area (Å²) in [5, 5.41) is 0. The topological polar surface area (TPSA) is 124 Å². The smallest absolute Gasteiger partial charge is 0.145 e. The third-order valence-corrected chi connectivity index (χ3v) is 7.13. The minimum atomic E-state index is -5.05. The fourth-order valence-corrected chi connectivity index (χ4v) is 4.79. The first-order valence-corrected chi connectivity index (χ1v) is 17.8. The van der Waals surface area contributed by atoms with E-state index in [1.807, 2.05) is 12.1 Å². The summed E-state index contributed by atoms with van der Waals surface area (Å²) in [4.78, 5) is -1.70. The van der Waals surface area contributed by atoms with Gasteiger partial charge in [-0.15, -0.1) is 0 Å². The van der Waals surface area contributed by atoms with Crippen molar-refractivity contribution in [3.63, 3.8) is 0 Å². The van der Waals surface area contributed by atoms with Crippen LogP contribution in [0.15, 0.2) is 52.3 Å². The Morgan fingerprint density at radius 2 is 1.02 bits per heavy atom. The molecule has 2 aromatic carbocycles. The first-order chi connectivity index (χ1) is 19.6. The minimum Gasteiger partial charge on any atom is -0.744 e. The van der Waals surface area contributed by atoms with E-state index < -0.39 is 30.0 Å². The van der Waals surface area contributed by atoms with E-state index in [1.165, 1.54) is 57.8 Å². The SMILES string of the molecule is CCCCCCCCCCCCc1ccc(Oc2ccc(S(=O)(=O)[O-])cc2S(=O)(=O)[O-])cc1.C[N+](C)(C)C.C[N+](C)(C)C. The quantitative estimate of drug-likeness (QED) is 0.125. The normalized spacial score (nSPS) is 12.1. The second-order valence-corrected chi connectivity index (χ2v) is 16.3. The van der Waals surface area contributed by atoms with Gasteiger partial charge in [0.25, 0.3) is 0 Å². The number of hydrogen-bond donors (Lipinski definition) is 0. The number of nitrogens with zero attached hydrogens (tertiary/aromatic N) is 2. The molecule has 0 bridgehead atoms. The third-order valence-electron chi connectivity index (χ3n) is 5.44. The molecule has 0 saturated carbocycles. The summed E-state index contributed by atoms with van der Waals surface area (Å²) in [5.74, 6) is -0.0377. The molecule has 0 saturated heterocycles. The Bertz CT molecular complexity index is 1240. The highest BCUT2D eigenvalue weighted by atomic mass is 32.2. The molecule has 248 valence electrons. The van der Waals surface area contributed by atoms with Crippen molar-refractivity contribution in [3.8, 4) is 11.5 Å². The predicted octanol–water partition coefficient (Wildman–Crippen LogP) is 6.40. The summed E-state index contributed by atoms with van der Waals surface area (Å²) in [6, 6.07) is 9.48. The van der Waals surface area contributed by atoms with Crippen molar-refractivity contribution in [1.82, 2.24) is 0 Å². The molecule has 2 aromatic rings. The molecule has 0 unspecified atom stereocenters. The van der Waals surface area contributed by atoms with Crippen LogP contribution in [0.25, 0.3) is 0 Å². The lowest BCUT2D eigenvalue weighted by molar-refractivity contribution is -0.849. The molecule has 2 rings (SSSR count). The van der Waals surface area contributed by atoms with Crippen LogP contribution in [0.2, 0.25) is 0 Å². The molecule has 0 aliphatic heterocycles. The van der Waals surface area contributed by atoms with Crippen molar-refractivity contribution in [1.29, 1.82) is 0 Å². The van der Waals surface area contributed by atoms with E-state index in [1.54, 1.807) is 12.1 Å². The first kappa shape index (κ1) is 41.0. The molecule has 0 heterocycles. The van der Waals surface area contributed by atoms with Crippen molar-refractivity contribution in [3.05, 3.63) is 48.0 Å². The largest absolute Gasteiger partial charge is 0.744 e. The molecule has 0 spiro atoms. The number of quaternary nitrogens is 2. The number of ether oxygens (including phenoxy) is 1. The Morgan fingerprint density at radius 3 is 1.42 bits per heavy atom. The maximum atomic E-state index is 11.5. The van der Waals surface area contributed by atoms with Crippen LogP contribution in [-0.4, -0.2) is 91.3 Å². The first-order valence-electron chi connectivity index (χ1n) is 15.0. The molecular formula is C32H56N2O7S2. The fourth-order valence-electron chi connectivity index (χ4n) is 3.59. The standard InChI is InChI=1S/C24H34O7S2.2C4H12N/c1-2-3-4-5-6-7-8-9-10-11-12-20-13-15-21(16-14-20)31-23-18-17-22(32(25,26)27)19-24(23)33(28,29)30;2*1-5(2,3)4/h13-19H,2-12H2,1H3,(H,25,26,27)(H,28,29,30);2*1-4H3/q;2*+1/p-2. The zero-order valence-corrected chi connectivity index (χ0v) is 29.5. The van der Waals surface area contributed by atoms with Gasteiger partial charge in [0.05, 0.1) is 66.2 Å². The lowest BCUT2D eigenvalue weighted by atomic mass is 10.0. The lowest BCUT2D eigenvalue weighted by Crippen LogP contribution is -2.27. The van der Waals surface area contributed by atoms with Gasteiger partial charge in [0.1, 0.15) is 31.7 Å². The molecule has 0 aliphatic rings. The summed E-state index contributed by atoms with van der Waals surface area (Å²) < 4.78 is 75.4. The van der Waals surface area contributed by atoms with Gasteiger partial charge in [-0.2, -0.15) is 0 Å². The van der Waals surface area contributed by atoms with E-state index in [0.717, 1.165) is 39.5 Å². The van der Waals surface area contributed by atoms with Crippen molar-refractivity contribution < 1.29 is 39.6 Å². The molecule has 0 amide bonds. The molecule has 0 fully saturated rings. The van der Waals surface area contributed by atoms with Crippen LogP contribution in [0, 0.1) is 0 Å².